The third-order valence-electron chi connectivity index (χ3n) is 5.35. The van der Waals surface area contributed by atoms with Gasteiger partial charge in [0.15, 0.2) is 0 Å². The number of benzene rings is 2. The predicted octanol–water partition coefficient (Wildman–Crippen LogP) is 5.24. The number of hydrogen-bond donors (Lipinski definition) is 2. The standard InChI is InChI=1S/C23H20N4/c1-15(16-6-3-2-4-7-16)19-10-18-11-20-22(12-21(18)25-14-19)26-27-23(20)17-8-5-9-24-13-17/h2-13,15,25H,14H2,1H3,(H,26,27). The third kappa shape index (κ3) is 2.79. The van der Waals surface area contributed by atoms with Crippen molar-refractivity contribution >= 4 is 22.7 Å². The molecule has 0 aliphatic carbocycles. The van der Waals surface area contributed by atoms with Crippen LogP contribution in [0.3, 0.4) is 0 Å². The molecular formula is C23H20N4. The summed E-state index contributed by atoms with van der Waals surface area (Å²) in [5, 5.41) is 12.4. The molecule has 4 heteroatoms. The van der Waals surface area contributed by atoms with E-state index in [-0.39, 0.29) is 0 Å². The molecule has 1 aliphatic rings. The first-order valence-electron chi connectivity index (χ1n) is 9.21. The molecule has 0 radical (unpaired) electrons. The van der Waals surface area contributed by atoms with Crippen LogP contribution in [0.25, 0.3) is 28.2 Å². The molecule has 0 amide bonds. The Kier molecular flexibility index (Phi) is 3.75. The molecule has 132 valence electrons. The van der Waals surface area contributed by atoms with E-state index >= 15 is 0 Å². The summed E-state index contributed by atoms with van der Waals surface area (Å²) in [4.78, 5) is 4.23. The number of pyridine rings is 1. The molecule has 2 aromatic carbocycles. The largest absolute Gasteiger partial charge is 0.381 e. The first-order valence-corrected chi connectivity index (χ1v) is 9.21. The summed E-state index contributed by atoms with van der Waals surface area (Å²) in [6, 6.07) is 19.0. The van der Waals surface area contributed by atoms with Crippen LogP contribution in [-0.2, 0) is 0 Å². The fourth-order valence-corrected chi connectivity index (χ4v) is 3.76. The van der Waals surface area contributed by atoms with Gasteiger partial charge in [-0.05, 0) is 41.0 Å². The van der Waals surface area contributed by atoms with Crippen molar-refractivity contribution in [1.29, 1.82) is 0 Å². The van der Waals surface area contributed by atoms with Crippen LogP contribution in [0.15, 0.2) is 72.6 Å². The second kappa shape index (κ2) is 6.40. The second-order valence-corrected chi connectivity index (χ2v) is 7.00. The van der Waals surface area contributed by atoms with Gasteiger partial charge in [-0.15, -0.1) is 0 Å². The molecule has 1 atom stereocenters. The fourth-order valence-electron chi connectivity index (χ4n) is 3.76. The first kappa shape index (κ1) is 15.8. The fraction of sp³-hybridized carbons (Fsp3) is 0.130. The molecule has 0 fully saturated rings. The Bertz CT molecular complexity index is 1130. The molecule has 27 heavy (non-hydrogen) atoms. The van der Waals surface area contributed by atoms with Crippen LogP contribution < -0.4 is 5.32 Å². The highest BCUT2D eigenvalue weighted by molar-refractivity contribution is 5.97. The van der Waals surface area contributed by atoms with Crippen LogP contribution in [0.4, 0.5) is 5.69 Å². The average molecular weight is 352 g/mol. The number of aromatic nitrogens is 3. The summed E-state index contributed by atoms with van der Waals surface area (Å²) in [7, 11) is 0. The van der Waals surface area contributed by atoms with Crippen LogP contribution in [0.2, 0.25) is 0 Å². The van der Waals surface area contributed by atoms with Gasteiger partial charge in [-0.25, -0.2) is 0 Å². The summed E-state index contributed by atoms with van der Waals surface area (Å²) >= 11 is 0. The zero-order valence-electron chi connectivity index (χ0n) is 15.1. The maximum Gasteiger partial charge on any atom is 0.101 e. The number of hydrogen-bond acceptors (Lipinski definition) is 3. The minimum Gasteiger partial charge on any atom is -0.381 e. The monoisotopic (exact) mass is 352 g/mol. The lowest BCUT2D eigenvalue weighted by Crippen LogP contribution is -2.14. The van der Waals surface area contributed by atoms with Gasteiger partial charge in [-0.3, -0.25) is 10.1 Å². The maximum atomic E-state index is 4.53. The van der Waals surface area contributed by atoms with Gasteiger partial charge in [-0.2, -0.15) is 5.10 Å². The van der Waals surface area contributed by atoms with Crippen LogP contribution >= 0.6 is 0 Å². The van der Waals surface area contributed by atoms with Crippen molar-refractivity contribution in [2.24, 2.45) is 0 Å². The molecule has 2 N–H and O–H groups in total. The predicted molar refractivity (Wildman–Crippen MR) is 111 cm³/mol. The van der Waals surface area contributed by atoms with Crippen LogP contribution in [-0.4, -0.2) is 21.7 Å². The Balaban J connectivity index is 1.59. The van der Waals surface area contributed by atoms with Crippen molar-refractivity contribution in [2.75, 3.05) is 11.9 Å². The van der Waals surface area contributed by atoms with E-state index in [0.29, 0.717) is 5.92 Å². The van der Waals surface area contributed by atoms with Crippen LogP contribution in [0.1, 0.15) is 24.0 Å². The molecule has 0 bridgehead atoms. The van der Waals surface area contributed by atoms with Gasteiger partial charge in [0.1, 0.15) is 5.69 Å². The molecule has 0 spiro atoms. The molecule has 4 nitrogen and oxygen atoms in total. The maximum absolute atomic E-state index is 4.53. The summed E-state index contributed by atoms with van der Waals surface area (Å²) in [6.45, 7) is 3.13. The molecule has 3 heterocycles. The number of H-pyrrole nitrogens is 1. The molecule has 1 aliphatic heterocycles. The Morgan fingerprint density at radius 3 is 2.74 bits per heavy atom. The lowest BCUT2D eigenvalue weighted by atomic mass is 9.89. The summed E-state index contributed by atoms with van der Waals surface area (Å²) in [5.74, 6) is 0.379. The lowest BCUT2D eigenvalue weighted by molar-refractivity contribution is 0.875. The molecule has 5 rings (SSSR count). The molecule has 1 unspecified atom stereocenters. The van der Waals surface area contributed by atoms with Gasteiger partial charge >= 0.3 is 0 Å². The highest BCUT2D eigenvalue weighted by Crippen LogP contribution is 2.36. The third-order valence-corrected chi connectivity index (χ3v) is 5.35. The van der Waals surface area contributed by atoms with E-state index in [1.807, 2.05) is 18.3 Å². The topological polar surface area (TPSA) is 53.6 Å². The van der Waals surface area contributed by atoms with E-state index in [1.54, 1.807) is 6.20 Å². The molecule has 0 saturated heterocycles. The minimum atomic E-state index is 0.379. The first-order chi connectivity index (χ1) is 13.3. The van der Waals surface area contributed by atoms with Gasteiger partial charge < -0.3 is 5.32 Å². The van der Waals surface area contributed by atoms with Gasteiger partial charge in [0.05, 0.1) is 5.52 Å². The highest BCUT2D eigenvalue weighted by Gasteiger charge is 2.18. The molecule has 2 aromatic heterocycles. The average Bonchev–Trinajstić information content (AvgIpc) is 3.15. The van der Waals surface area contributed by atoms with Crippen molar-refractivity contribution in [2.45, 2.75) is 12.8 Å². The highest BCUT2D eigenvalue weighted by atomic mass is 15.1. The SMILES string of the molecule is CC(C1=Cc2cc3c(-c4cccnc4)n[nH]c3cc2NC1)c1ccccc1. The van der Waals surface area contributed by atoms with E-state index in [0.717, 1.165) is 34.4 Å². The summed E-state index contributed by atoms with van der Waals surface area (Å²) in [5.41, 5.74) is 8.08. The van der Waals surface area contributed by atoms with Crippen molar-refractivity contribution < 1.29 is 0 Å². The van der Waals surface area contributed by atoms with Gasteiger partial charge in [0, 0.05) is 41.5 Å². The summed E-state index contributed by atoms with van der Waals surface area (Å²) in [6.07, 6.45) is 5.96. The van der Waals surface area contributed by atoms with Crippen LogP contribution in [0.5, 0.6) is 0 Å². The van der Waals surface area contributed by atoms with Crippen molar-refractivity contribution in [1.82, 2.24) is 15.2 Å². The van der Waals surface area contributed by atoms with E-state index in [4.69, 9.17) is 0 Å². The van der Waals surface area contributed by atoms with Crippen molar-refractivity contribution in [3.8, 4) is 11.3 Å². The number of anilines is 1. The van der Waals surface area contributed by atoms with E-state index in [9.17, 15) is 0 Å². The number of fused-ring (bicyclic) bond motifs is 2. The van der Waals surface area contributed by atoms with Crippen LogP contribution in [0, 0.1) is 0 Å². The zero-order chi connectivity index (χ0) is 18.2. The normalized spacial score (nSPS) is 14.3. The number of rotatable bonds is 3. The second-order valence-electron chi connectivity index (χ2n) is 7.00. The van der Waals surface area contributed by atoms with Gasteiger partial charge in [-0.1, -0.05) is 43.3 Å². The van der Waals surface area contributed by atoms with Gasteiger partial charge in [0.25, 0.3) is 0 Å². The van der Waals surface area contributed by atoms with E-state index < -0.39 is 0 Å². The van der Waals surface area contributed by atoms with Crippen molar-refractivity contribution in [3.63, 3.8) is 0 Å². The quantitative estimate of drug-likeness (QED) is 0.530. The Labute approximate surface area is 158 Å². The number of nitrogens with one attached hydrogen (secondary N) is 2. The van der Waals surface area contributed by atoms with Gasteiger partial charge in [0.2, 0.25) is 0 Å². The molecule has 0 saturated carbocycles. The Hall–Kier alpha value is -3.40. The Morgan fingerprint density at radius 2 is 1.93 bits per heavy atom. The van der Waals surface area contributed by atoms with Crippen molar-refractivity contribution in [3.05, 3.63) is 83.7 Å². The summed E-state index contributed by atoms with van der Waals surface area (Å²) < 4.78 is 0. The molecule has 4 aromatic rings. The lowest BCUT2D eigenvalue weighted by Gasteiger charge is -2.23. The zero-order valence-corrected chi connectivity index (χ0v) is 15.1. The molecular weight excluding hydrogens is 332 g/mol. The van der Waals surface area contributed by atoms with E-state index in [1.165, 1.54) is 16.7 Å². The minimum absolute atomic E-state index is 0.379. The Morgan fingerprint density at radius 1 is 1.04 bits per heavy atom. The van der Waals surface area contributed by atoms with E-state index in [2.05, 4.69) is 76.0 Å². The number of aromatic amines is 1. The smallest absolute Gasteiger partial charge is 0.101 e. The number of nitrogens with zero attached hydrogens (tertiary/aromatic N) is 2.